The molecule has 1 aromatic heterocycles. The topological polar surface area (TPSA) is 81.1 Å². The number of carbonyl (C=O) groups is 1. The molecule has 1 aliphatic rings. The van der Waals surface area contributed by atoms with Crippen molar-refractivity contribution in [3.63, 3.8) is 0 Å². The second-order valence-corrected chi connectivity index (χ2v) is 4.73. The third-order valence-corrected chi connectivity index (χ3v) is 3.34. The zero-order valence-electron chi connectivity index (χ0n) is 9.60. The molecule has 0 saturated heterocycles. The van der Waals surface area contributed by atoms with E-state index in [4.69, 9.17) is 10.8 Å². The summed E-state index contributed by atoms with van der Waals surface area (Å²) < 4.78 is 1.91. The van der Waals surface area contributed by atoms with Crippen LogP contribution in [0.4, 0.5) is 0 Å². The van der Waals surface area contributed by atoms with E-state index in [2.05, 4.69) is 5.10 Å². The van der Waals surface area contributed by atoms with Gasteiger partial charge in [0.25, 0.3) is 0 Å². The van der Waals surface area contributed by atoms with Crippen LogP contribution in [0.25, 0.3) is 0 Å². The van der Waals surface area contributed by atoms with Gasteiger partial charge in [-0.2, -0.15) is 5.10 Å². The summed E-state index contributed by atoms with van der Waals surface area (Å²) in [5.74, 6) is -0.906. The Morgan fingerprint density at radius 1 is 1.69 bits per heavy atom. The lowest BCUT2D eigenvalue weighted by molar-refractivity contribution is -0.143. The third-order valence-electron chi connectivity index (χ3n) is 3.34. The molecule has 0 spiro atoms. The molecule has 16 heavy (non-hydrogen) atoms. The van der Waals surface area contributed by atoms with Gasteiger partial charge in [-0.1, -0.05) is 0 Å². The van der Waals surface area contributed by atoms with Crippen LogP contribution < -0.4 is 5.73 Å². The highest BCUT2D eigenvalue weighted by molar-refractivity contribution is 5.78. The SMILES string of the molecule is Cc1cc(C)n(C2CCC(N)(C(=O)O)C2)n1. The van der Waals surface area contributed by atoms with Crippen LogP contribution in [0, 0.1) is 13.8 Å². The number of nitrogens with zero attached hydrogens (tertiary/aromatic N) is 2. The first kappa shape index (κ1) is 11.1. The molecule has 1 fully saturated rings. The Bertz CT molecular complexity index is 427. The largest absolute Gasteiger partial charge is 0.480 e. The van der Waals surface area contributed by atoms with Gasteiger partial charge in [-0.15, -0.1) is 0 Å². The van der Waals surface area contributed by atoms with Gasteiger partial charge in [0, 0.05) is 5.69 Å². The molecule has 5 nitrogen and oxygen atoms in total. The van der Waals surface area contributed by atoms with E-state index in [1.54, 1.807) is 0 Å². The molecule has 0 aliphatic heterocycles. The quantitative estimate of drug-likeness (QED) is 0.784. The second kappa shape index (κ2) is 3.59. The fourth-order valence-electron chi connectivity index (χ4n) is 2.47. The highest BCUT2D eigenvalue weighted by Gasteiger charge is 2.43. The molecule has 0 radical (unpaired) electrons. The van der Waals surface area contributed by atoms with Gasteiger partial charge in [0.15, 0.2) is 0 Å². The molecule has 1 saturated carbocycles. The van der Waals surface area contributed by atoms with E-state index >= 15 is 0 Å². The molecule has 2 atom stereocenters. The number of carboxylic acid groups (broad SMARTS) is 1. The van der Waals surface area contributed by atoms with E-state index in [9.17, 15) is 4.79 Å². The molecule has 5 heteroatoms. The Hall–Kier alpha value is -1.36. The molecule has 2 rings (SSSR count). The van der Waals surface area contributed by atoms with Gasteiger partial charge in [-0.25, -0.2) is 0 Å². The van der Waals surface area contributed by atoms with Crippen molar-refractivity contribution in [3.8, 4) is 0 Å². The van der Waals surface area contributed by atoms with Crippen LogP contribution in [-0.4, -0.2) is 26.4 Å². The minimum Gasteiger partial charge on any atom is -0.480 e. The van der Waals surface area contributed by atoms with Crippen LogP contribution in [0.15, 0.2) is 6.07 Å². The summed E-state index contributed by atoms with van der Waals surface area (Å²) in [5.41, 5.74) is 6.80. The standard InChI is InChI=1S/C11H17N3O2/c1-7-5-8(2)14(13-7)9-3-4-11(12,6-9)10(15)16/h5,9H,3-4,6,12H2,1-2H3,(H,15,16). The van der Waals surface area contributed by atoms with Crippen LogP contribution in [0.5, 0.6) is 0 Å². The molecule has 3 N–H and O–H groups in total. The fourth-order valence-corrected chi connectivity index (χ4v) is 2.47. The van der Waals surface area contributed by atoms with Crippen LogP contribution in [0.2, 0.25) is 0 Å². The zero-order valence-corrected chi connectivity index (χ0v) is 9.60. The molecule has 1 heterocycles. The first-order valence-corrected chi connectivity index (χ1v) is 5.47. The van der Waals surface area contributed by atoms with Gasteiger partial charge in [0.05, 0.1) is 11.7 Å². The number of hydrogen-bond acceptors (Lipinski definition) is 3. The van der Waals surface area contributed by atoms with Gasteiger partial charge >= 0.3 is 5.97 Å². The molecular formula is C11H17N3O2. The Morgan fingerprint density at radius 2 is 2.38 bits per heavy atom. The highest BCUT2D eigenvalue weighted by atomic mass is 16.4. The summed E-state index contributed by atoms with van der Waals surface area (Å²) in [4.78, 5) is 11.0. The Kier molecular flexibility index (Phi) is 2.50. The molecule has 0 amide bonds. The summed E-state index contributed by atoms with van der Waals surface area (Å²) >= 11 is 0. The number of aromatic nitrogens is 2. The maximum Gasteiger partial charge on any atom is 0.323 e. The number of nitrogens with two attached hydrogens (primary N) is 1. The van der Waals surface area contributed by atoms with Crippen molar-refractivity contribution < 1.29 is 9.90 Å². The van der Waals surface area contributed by atoms with Crippen molar-refractivity contribution >= 4 is 5.97 Å². The third kappa shape index (κ3) is 1.71. The van der Waals surface area contributed by atoms with Crippen molar-refractivity contribution in [2.75, 3.05) is 0 Å². The second-order valence-electron chi connectivity index (χ2n) is 4.73. The summed E-state index contributed by atoms with van der Waals surface area (Å²) in [7, 11) is 0. The highest BCUT2D eigenvalue weighted by Crippen LogP contribution is 2.36. The first-order chi connectivity index (χ1) is 7.42. The summed E-state index contributed by atoms with van der Waals surface area (Å²) in [5, 5.41) is 13.4. The van der Waals surface area contributed by atoms with Crippen molar-refractivity contribution in [2.24, 2.45) is 5.73 Å². The summed E-state index contributed by atoms with van der Waals surface area (Å²) in [6.07, 6.45) is 1.76. The van der Waals surface area contributed by atoms with E-state index in [1.807, 2.05) is 24.6 Å². The lowest BCUT2D eigenvalue weighted by atomic mass is 9.99. The minimum atomic E-state index is -1.07. The van der Waals surface area contributed by atoms with Crippen LogP contribution in [-0.2, 0) is 4.79 Å². The lowest BCUT2D eigenvalue weighted by Crippen LogP contribution is -2.45. The van der Waals surface area contributed by atoms with Crippen LogP contribution in [0.1, 0.15) is 36.7 Å². The Balaban J connectivity index is 2.21. The summed E-state index contributed by atoms with van der Waals surface area (Å²) in [6, 6.07) is 2.12. The number of aliphatic carboxylic acids is 1. The predicted molar refractivity (Wildman–Crippen MR) is 59.1 cm³/mol. The lowest BCUT2D eigenvalue weighted by Gasteiger charge is -2.18. The van der Waals surface area contributed by atoms with Crippen molar-refractivity contribution in [1.29, 1.82) is 0 Å². The average molecular weight is 223 g/mol. The number of hydrogen-bond donors (Lipinski definition) is 2. The Labute approximate surface area is 94.2 Å². The van der Waals surface area contributed by atoms with Gasteiger partial charge < -0.3 is 10.8 Å². The maximum atomic E-state index is 11.0. The van der Waals surface area contributed by atoms with E-state index in [-0.39, 0.29) is 6.04 Å². The molecule has 1 aromatic rings. The van der Waals surface area contributed by atoms with E-state index in [1.165, 1.54) is 0 Å². The Morgan fingerprint density at radius 3 is 2.81 bits per heavy atom. The van der Waals surface area contributed by atoms with Crippen molar-refractivity contribution in [2.45, 2.75) is 44.7 Å². The zero-order chi connectivity index (χ0) is 11.9. The van der Waals surface area contributed by atoms with Gasteiger partial charge in [-0.05, 0) is 39.2 Å². The number of rotatable bonds is 2. The smallest absolute Gasteiger partial charge is 0.323 e. The fraction of sp³-hybridized carbons (Fsp3) is 0.636. The average Bonchev–Trinajstić information content (AvgIpc) is 2.71. The van der Waals surface area contributed by atoms with Crippen LogP contribution in [0.3, 0.4) is 0 Å². The normalized spacial score (nSPS) is 29.6. The predicted octanol–water partition coefficient (Wildman–Crippen LogP) is 1.01. The summed E-state index contributed by atoms with van der Waals surface area (Å²) in [6.45, 7) is 3.92. The van der Waals surface area contributed by atoms with Crippen molar-refractivity contribution in [1.82, 2.24) is 9.78 Å². The molecular weight excluding hydrogens is 206 g/mol. The van der Waals surface area contributed by atoms with E-state index in [0.29, 0.717) is 12.8 Å². The number of aryl methyl sites for hydroxylation is 2. The molecule has 0 bridgehead atoms. The molecule has 0 aromatic carbocycles. The monoisotopic (exact) mass is 223 g/mol. The maximum absolute atomic E-state index is 11.0. The van der Waals surface area contributed by atoms with Crippen LogP contribution >= 0.6 is 0 Å². The van der Waals surface area contributed by atoms with Gasteiger partial charge in [0.1, 0.15) is 5.54 Å². The van der Waals surface area contributed by atoms with Gasteiger partial charge in [-0.3, -0.25) is 9.48 Å². The van der Waals surface area contributed by atoms with Gasteiger partial charge in [0.2, 0.25) is 0 Å². The van der Waals surface area contributed by atoms with Crippen molar-refractivity contribution in [3.05, 3.63) is 17.5 Å². The first-order valence-electron chi connectivity index (χ1n) is 5.47. The number of carboxylic acids is 1. The molecule has 2 unspecified atom stereocenters. The molecule has 1 aliphatic carbocycles. The minimum absolute atomic E-state index is 0.120. The van der Waals surface area contributed by atoms with E-state index in [0.717, 1.165) is 17.8 Å². The molecule has 88 valence electrons. The van der Waals surface area contributed by atoms with E-state index < -0.39 is 11.5 Å².